The fraction of sp³-hybridized carbons (Fsp3) is 0.308. The lowest BCUT2D eigenvalue weighted by molar-refractivity contribution is -0.115. The molecule has 0 N–H and O–H groups in total. The van der Waals surface area contributed by atoms with Gasteiger partial charge < -0.3 is 4.74 Å². The highest BCUT2D eigenvalue weighted by Crippen LogP contribution is 2.35. The van der Waals surface area contributed by atoms with Gasteiger partial charge in [-0.2, -0.15) is 0 Å². The topological polar surface area (TPSA) is 26.3 Å². The van der Waals surface area contributed by atoms with Gasteiger partial charge in [-0.25, -0.2) is 0 Å². The van der Waals surface area contributed by atoms with Crippen LogP contribution in [0, 0.1) is 0 Å². The van der Waals surface area contributed by atoms with Crippen LogP contribution in [0.3, 0.4) is 0 Å². The van der Waals surface area contributed by atoms with Crippen molar-refractivity contribution in [2.24, 2.45) is 0 Å². The molecule has 0 aromatic heterocycles. The average Bonchev–Trinajstić information content (AvgIpc) is 2.29. The predicted molar refractivity (Wildman–Crippen MR) is 59.1 cm³/mol. The van der Waals surface area contributed by atoms with Crippen molar-refractivity contribution in [2.45, 2.75) is 18.8 Å². The second kappa shape index (κ2) is 4.30. The van der Waals surface area contributed by atoms with Crippen LogP contribution in [0.25, 0.3) is 0 Å². The molecule has 0 amide bonds. The molecule has 2 nitrogen and oxygen atoms in total. The summed E-state index contributed by atoms with van der Waals surface area (Å²) in [5.41, 5.74) is 1.15. The predicted octanol–water partition coefficient (Wildman–Crippen LogP) is 2.70. The molecule has 0 saturated heterocycles. The minimum atomic E-state index is 0.108. The number of carbonyl (C=O) groups is 1. The normalized spacial score (nSPS) is 18.8. The maximum absolute atomic E-state index is 11.3. The van der Waals surface area contributed by atoms with E-state index < -0.39 is 0 Å². The molecule has 1 aliphatic heterocycles. The van der Waals surface area contributed by atoms with Gasteiger partial charge in [0, 0.05) is 6.42 Å². The lowest BCUT2D eigenvalue weighted by Gasteiger charge is -2.24. The van der Waals surface area contributed by atoms with Crippen LogP contribution in [0.15, 0.2) is 36.9 Å². The van der Waals surface area contributed by atoms with Crippen molar-refractivity contribution in [3.05, 3.63) is 42.5 Å². The van der Waals surface area contributed by atoms with Crippen LogP contribution in [0.5, 0.6) is 5.75 Å². The van der Waals surface area contributed by atoms with Gasteiger partial charge in [0.25, 0.3) is 0 Å². The minimum Gasteiger partial charge on any atom is -0.493 e. The van der Waals surface area contributed by atoms with E-state index in [-0.39, 0.29) is 5.78 Å². The summed E-state index contributed by atoms with van der Waals surface area (Å²) in [5, 5.41) is 0. The van der Waals surface area contributed by atoms with Crippen molar-refractivity contribution in [2.75, 3.05) is 6.61 Å². The summed E-state index contributed by atoms with van der Waals surface area (Å²) in [4.78, 5) is 11.3. The first kappa shape index (κ1) is 9.97. The van der Waals surface area contributed by atoms with Crippen molar-refractivity contribution in [3.8, 4) is 5.75 Å². The van der Waals surface area contributed by atoms with Gasteiger partial charge in [-0.3, -0.25) is 4.79 Å². The SMILES string of the molecule is C=CC(=O)CC1CCOc2ccccc21. The Bertz CT molecular complexity index is 382. The van der Waals surface area contributed by atoms with Crippen LogP contribution in [-0.4, -0.2) is 12.4 Å². The van der Waals surface area contributed by atoms with E-state index in [9.17, 15) is 4.79 Å². The molecule has 0 fully saturated rings. The van der Waals surface area contributed by atoms with Crippen molar-refractivity contribution in [1.29, 1.82) is 0 Å². The Hall–Kier alpha value is -1.57. The quantitative estimate of drug-likeness (QED) is 0.704. The lowest BCUT2D eigenvalue weighted by Crippen LogP contribution is -2.16. The largest absolute Gasteiger partial charge is 0.493 e. The Kier molecular flexibility index (Phi) is 2.86. The summed E-state index contributed by atoms with van der Waals surface area (Å²) in [5.74, 6) is 1.32. The fourth-order valence-corrected chi connectivity index (χ4v) is 1.95. The molecule has 1 aliphatic rings. The highest BCUT2D eigenvalue weighted by Gasteiger charge is 2.22. The number of allylic oxidation sites excluding steroid dienone is 1. The van der Waals surface area contributed by atoms with Gasteiger partial charge in [0.1, 0.15) is 5.75 Å². The second-order valence-electron chi connectivity index (χ2n) is 3.75. The van der Waals surface area contributed by atoms with E-state index >= 15 is 0 Å². The Morgan fingerprint density at radius 2 is 2.33 bits per heavy atom. The summed E-state index contributed by atoms with van der Waals surface area (Å²) in [6.45, 7) is 4.20. The molecule has 0 bridgehead atoms. The summed E-state index contributed by atoms with van der Waals surface area (Å²) in [7, 11) is 0. The third-order valence-corrected chi connectivity index (χ3v) is 2.76. The zero-order chi connectivity index (χ0) is 10.7. The van der Waals surface area contributed by atoms with Crippen molar-refractivity contribution < 1.29 is 9.53 Å². The number of rotatable bonds is 3. The number of hydrogen-bond acceptors (Lipinski definition) is 2. The summed E-state index contributed by atoms with van der Waals surface area (Å²) in [6, 6.07) is 7.94. The van der Waals surface area contributed by atoms with E-state index in [0.717, 1.165) is 17.7 Å². The van der Waals surface area contributed by atoms with E-state index in [1.165, 1.54) is 6.08 Å². The van der Waals surface area contributed by atoms with E-state index in [0.29, 0.717) is 18.9 Å². The van der Waals surface area contributed by atoms with Crippen LogP contribution < -0.4 is 4.74 Å². The zero-order valence-corrected chi connectivity index (χ0v) is 8.61. The van der Waals surface area contributed by atoms with E-state index in [1.54, 1.807) is 0 Å². The van der Waals surface area contributed by atoms with Crippen molar-refractivity contribution >= 4 is 5.78 Å². The number of hydrogen-bond donors (Lipinski definition) is 0. The second-order valence-corrected chi connectivity index (χ2v) is 3.75. The molecule has 2 heteroatoms. The van der Waals surface area contributed by atoms with Crippen molar-refractivity contribution in [3.63, 3.8) is 0 Å². The smallest absolute Gasteiger partial charge is 0.155 e. The Morgan fingerprint density at radius 1 is 1.53 bits per heavy atom. The highest BCUT2D eigenvalue weighted by molar-refractivity contribution is 5.89. The summed E-state index contributed by atoms with van der Waals surface area (Å²) >= 11 is 0. The molecule has 0 aliphatic carbocycles. The Morgan fingerprint density at radius 3 is 3.13 bits per heavy atom. The van der Waals surface area contributed by atoms with Gasteiger partial charge in [-0.05, 0) is 30.0 Å². The van der Waals surface area contributed by atoms with Gasteiger partial charge in [-0.1, -0.05) is 24.8 Å². The minimum absolute atomic E-state index is 0.108. The van der Waals surface area contributed by atoms with Crippen LogP contribution in [0.1, 0.15) is 24.3 Å². The van der Waals surface area contributed by atoms with Gasteiger partial charge in [0.15, 0.2) is 5.78 Å². The number of fused-ring (bicyclic) bond motifs is 1. The molecule has 15 heavy (non-hydrogen) atoms. The fourth-order valence-electron chi connectivity index (χ4n) is 1.95. The van der Waals surface area contributed by atoms with Gasteiger partial charge in [-0.15, -0.1) is 0 Å². The third kappa shape index (κ3) is 2.09. The molecular weight excluding hydrogens is 188 g/mol. The van der Waals surface area contributed by atoms with Gasteiger partial charge >= 0.3 is 0 Å². The van der Waals surface area contributed by atoms with E-state index in [4.69, 9.17) is 4.74 Å². The molecular formula is C13H14O2. The van der Waals surface area contributed by atoms with Crippen LogP contribution >= 0.6 is 0 Å². The number of benzene rings is 1. The van der Waals surface area contributed by atoms with Crippen LogP contribution in [0.2, 0.25) is 0 Å². The van der Waals surface area contributed by atoms with Gasteiger partial charge in [0.05, 0.1) is 6.61 Å². The average molecular weight is 202 g/mol. The highest BCUT2D eigenvalue weighted by atomic mass is 16.5. The number of carbonyl (C=O) groups excluding carboxylic acids is 1. The first-order chi connectivity index (χ1) is 7.31. The Balaban J connectivity index is 2.22. The molecule has 1 atom stereocenters. The van der Waals surface area contributed by atoms with Crippen LogP contribution in [-0.2, 0) is 4.79 Å². The molecule has 2 rings (SSSR count). The van der Waals surface area contributed by atoms with E-state index in [2.05, 4.69) is 6.58 Å². The third-order valence-electron chi connectivity index (χ3n) is 2.76. The van der Waals surface area contributed by atoms with Crippen LogP contribution in [0.4, 0.5) is 0 Å². The summed E-state index contributed by atoms with van der Waals surface area (Å²) in [6.07, 6.45) is 2.86. The molecule has 0 spiro atoms. The molecule has 1 aromatic rings. The molecule has 78 valence electrons. The molecule has 1 heterocycles. The first-order valence-corrected chi connectivity index (χ1v) is 5.18. The van der Waals surface area contributed by atoms with E-state index in [1.807, 2.05) is 24.3 Å². The Labute approximate surface area is 89.6 Å². The number of ketones is 1. The summed E-state index contributed by atoms with van der Waals surface area (Å²) < 4.78 is 5.53. The molecule has 0 radical (unpaired) electrons. The standard InChI is InChI=1S/C13H14O2/c1-2-11(14)9-10-7-8-15-13-6-4-3-5-12(10)13/h2-6,10H,1,7-9H2. The maximum atomic E-state index is 11.3. The monoisotopic (exact) mass is 202 g/mol. The first-order valence-electron chi connectivity index (χ1n) is 5.18. The zero-order valence-electron chi connectivity index (χ0n) is 8.61. The molecule has 1 aromatic carbocycles. The molecule has 0 saturated carbocycles. The number of para-hydroxylation sites is 1. The molecule has 1 unspecified atom stereocenters. The van der Waals surface area contributed by atoms with Gasteiger partial charge in [0.2, 0.25) is 0 Å². The van der Waals surface area contributed by atoms with Crippen molar-refractivity contribution in [1.82, 2.24) is 0 Å². The number of ether oxygens (including phenoxy) is 1. The lowest BCUT2D eigenvalue weighted by atomic mass is 9.89. The maximum Gasteiger partial charge on any atom is 0.155 e.